The Morgan fingerprint density at radius 1 is 0.885 bits per heavy atom. The molecule has 0 saturated heterocycles. The molecule has 0 radical (unpaired) electrons. The second-order valence-corrected chi connectivity index (χ2v) is 5.51. The fourth-order valence-corrected chi connectivity index (χ4v) is 2.41. The largest absolute Gasteiger partial charge is 0.497 e. The van der Waals surface area contributed by atoms with Gasteiger partial charge in [0.05, 0.1) is 25.6 Å². The predicted molar refractivity (Wildman–Crippen MR) is 99.3 cm³/mol. The quantitative estimate of drug-likeness (QED) is 0.683. The number of methoxy groups -OCH3 is 2. The lowest BCUT2D eigenvalue weighted by atomic mass is 10.2. The van der Waals surface area contributed by atoms with E-state index >= 15 is 0 Å². The van der Waals surface area contributed by atoms with Gasteiger partial charge in [-0.15, -0.1) is 0 Å². The second kappa shape index (κ2) is 7.69. The Labute approximate surface area is 151 Å². The van der Waals surface area contributed by atoms with Crippen molar-refractivity contribution in [3.63, 3.8) is 0 Å². The lowest BCUT2D eigenvalue weighted by molar-refractivity contribution is 0.395. The highest BCUT2D eigenvalue weighted by Gasteiger charge is 2.09. The Kier molecular flexibility index (Phi) is 5.17. The molecule has 0 atom stereocenters. The minimum absolute atomic E-state index is 0.346. The Morgan fingerprint density at radius 2 is 1.69 bits per heavy atom. The van der Waals surface area contributed by atoms with E-state index in [1.54, 1.807) is 50.6 Å². The van der Waals surface area contributed by atoms with Crippen molar-refractivity contribution in [3.05, 3.63) is 60.0 Å². The number of anilines is 4. The summed E-state index contributed by atoms with van der Waals surface area (Å²) < 4.78 is 24.4. The minimum Gasteiger partial charge on any atom is -0.497 e. The van der Waals surface area contributed by atoms with Crippen molar-refractivity contribution in [3.8, 4) is 11.5 Å². The third kappa shape index (κ3) is 4.00. The summed E-state index contributed by atoms with van der Waals surface area (Å²) in [5.41, 5.74) is 1.77. The maximum Gasteiger partial charge on any atom is 0.229 e. The van der Waals surface area contributed by atoms with Crippen LogP contribution in [0.2, 0.25) is 0 Å². The number of nitrogens with one attached hydrogen (secondary N) is 2. The molecule has 0 aliphatic rings. The van der Waals surface area contributed by atoms with Crippen molar-refractivity contribution >= 4 is 23.1 Å². The zero-order chi connectivity index (χ0) is 18.5. The van der Waals surface area contributed by atoms with E-state index in [0.717, 1.165) is 5.69 Å². The number of aryl methyl sites for hydroxylation is 1. The number of rotatable bonds is 6. The van der Waals surface area contributed by atoms with Crippen LogP contribution in [-0.4, -0.2) is 24.2 Å². The van der Waals surface area contributed by atoms with Crippen LogP contribution >= 0.6 is 0 Å². The first-order chi connectivity index (χ1) is 12.6. The molecule has 26 heavy (non-hydrogen) atoms. The molecule has 0 saturated carbocycles. The van der Waals surface area contributed by atoms with E-state index in [4.69, 9.17) is 9.47 Å². The van der Waals surface area contributed by atoms with E-state index in [2.05, 4.69) is 20.6 Å². The van der Waals surface area contributed by atoms with Crippen LogP contribution < -0.4 is 20.1 Å². The number of benzene rings is 2. The number of ether oxygens (including phenoxy) is 2. The lowest BCUT2D eigenvalue weighted by Gasteiger charge is -2.13. The molecule has 0 amide bonds. The second-order valence-electron chi connectivity index (χ2n) is 5.51. The van der Waals surface area contributed by atoms with Gasteiger partial charge in [0, 0.05) is 17.8 Å². The van der Waals surface area contributed by atoms with Gasteiger partial charge in [-0.25, -0.2) is 9.37 Å². The van der Waals surface area contributed by atoms with Gasteiger partial charge in [0.15, 0.2) is 0 Å². The van der Waals surface area contributed by atoms with Gasteiger partial charge < -0.3 is 20.1 Å². The van der Waals surface area contributed by atoms with Gasteiger partial charge in [0.2, 0.25) is 5.95 Å². The van der Waals surface area contributed by atoms with Gasteiger partial charge in [-0.2, -0.15) is 4.98 Å². The predicted octanol–water partition coefficient (Wildman–Crippen LogP) is 4.43. The molecular weight excluding hydrogens is 335 g/mol. The van der Waals surface area contributed by atoms with Crippen LogP contribution in [-0.2, 0) is 0 Å². The number of aromatic nitrogens is 2. The SMILES string of the molecule is COc1ccc(Nc2nc(C)cc(Nc3ccccc3F)n2)c(OC)c1. The number of para-hydroxylation sites is 1. The van der Waals surface area contributed by atoms with Crippen LogP contribution in [0.1, 0.15) is 5.69 Å². The van der Waals surface area contributed by atoms with Crippen LogP contribution in [0.15, 0.2) is 48.5 Å². The average molecular weight is 354 g/mol. The Balaban J connectivity index is 1.87. The molecular formula is C19H19FN4O2. The minimum atomic E-state index is -0.352. The molecule has 2 N–H and O–H groups in total. The molecule has 6 nitrogen and oxygen atoms in total. The summed E-state index contributed by atoms with van der Waals surface area (Å²) in [6.45, 7) is 1.84. The van der Waals surface area contributed by atoms with E-state index < -0.39 is 0 Å². The van der Waals surface area contributed by atoms with Crippen LogP contribution in [0.25, 0.3) is 0 Å². The first-order valence-corrected chi connectivity index (χ1v) is 7.95. The molecule has 7 heteroatoms. The normalized spacial score (nSPS) is 10.3. The first kappa shape index (κ1) is 17.5. The molecule has 0 aliphatic carbocycles. The summed E-state index contributed by atoms with van der Waals surface area (Å²) in [7, 11) is 3.16. The standard InChI is InChI=1S/C19H19FN4O2/c1-12-10-18(22-15-7-5-4-6-14(15)20)24-19(21-12)23-16-9-8-13(25-2)11-17(16)26-3/h4-11H,1-3H3,(H2,21,22,23,24). The van der Waals surface area contributed by atoms with Gasteiger partial charge >= 0.3 is 0 Å². The van der Waals surface area contributed by atoms with Crippen molar-refractivity contribution in [2.45, 2.75) is 6.92 Å². The van der Waals surface area contributed by atoms with Gasteiger partial charge in [-0.3, -0.25) is 0 Å². The third-order valence-electron chi connectivity index (χ3n) is 3.65. The van der Waals surface area contributed by atoms with Crippen molar-refractivity contribution in [1.82, 2.24) is 9.97 Å². The monoisotopic (exact) mass is 354 g/mol. The fraction of sp³-hybridized carbons (Fsp3) is 0.158. The van der Waals surface area contributed by atoms with Crippen LogP contribution in [0.3, 0.4) is 0 Å². The number of hydrogen-bond acceptors (Lipinski definition) is 6. The Morgan fingerprint density at radius 3 is 2.42 bits per heavy atom. The van der Waals surface area contributed by atoms with E-state index in [1.165, 1.54) is 6.07 Å². The smallest absolute Gasteiger partial charge is 0.229 e. The highest BCUT2D eigenvalue weighted by molar-refractivity contribution is 5.66. The Bertz CT molecular complexity index is 918. The summed E-state index contributed by atoms with van der Waals surface area (Å²) >= 11 is 0. The van der Waals surface area contributed by atoms with Gasteiger partial charge in [-0.05, 0) is 31.2 Å². The molecule has 0 unspecified atom stereocenters. The molecule has 3 aromatic rings. The molecule has 0 bridgehead atoms. The van der Waals surface area contributed by atoms with Crippen molar-refractivity contribution in [2.75, 3.05) is 24.9 Å². The number of nitrogens with zero attached hydrogens (tertiary/aromatic N) is 2. The average Bonchev–Trinajstić information content (AvgIpc) is 2.63. The van der Waals surface area contributed by atoms with E-state index in [-0.39, 0.29) is 5.82 Å². The molecule has 0 aliphatic heterocycles. The number of halogens is 1. The molecule has 1 heterocycles. The third-order valence-corrected chi connectivity index (χ3v) is 3.65. The Hall–Kier alpha value is -3.35. The van der Waals surface area contributed by atoms with E-state index in [1.807, 2.05) is 13.0 Å². The van der Waals surface area contributed by atoms with E-state index in [9.17, 15) is 4.39 Å². The molecule has 0 fully saturated rings. The summed E-state index contributed by atoms with van der Waals surface area (Å²) in [4.78, 5) is 8.76. The summed E-state index contributed by atoms with van der Waals surface area (Å²) in [5.74, 6) is 1.78. The summed E-state index contributed by atoms with van der Waals surface area (Å²) in [6.07, 6.45) is 0. The van der Waals surface area contributed by atoms with Crippen molar-refractivity contribution < 1.29 is 13.9 Å². The van der Waals surface area contributed by atoms with Crippen LogP contribution in [0, 0.1) is 12.7 Å². The lowest BCUT2D eigenvalue weighted by Crippen LogP contribution is -2.04. The molecule has 1 aromatic heterocycles. The highest BCUT2D eigenvalue weighted by atomic mass is 19.1. The zero-order valence-corrected chi connectivity index (χ0v) is 14.7. The van der Waals surface area contributed by atoms with Crippen molar-refractivity contribution in [1.29, 1.82) is 0 Å². The summed E-state index contributed by atoms with van der Waals surface area (Å²) in [5, 5.41) is 6.09. The highest BCUT2D eigenvalue weighted by Crippen LogP contribution is 2.31. The van der Waals surface area contributed by atoms with Gasteiger partial charge in [0.1, 0.15) is 23.1 Å². The van der Waals surface area contributed by atoms with Gasteiger partial charge in [0.25, 0.3) is 0 Å². The molecule has 2 aromatic carbocycles. The van der Waals surface area contributed by atoms with Crippen LogP contribution in [0.4, 0.5) is 27.5 Å². The van der Waals surface area contributed by atoms with E-state index in [0.29, 0.717) is 34.6 Å². The number of hydrogen-bond donors (Lipinski definition) is 2. The maximum atomic E-state index is 13.8. The maximum absolute atomic E-state index is 13.8. The fourth-order valence-electron chi connectivity index (χ4n) is 2.41. The zero-order valence-electron chi connectivity index (χ0n) is 14.7. The molecule has 0 spiro atoms. The molecule has 3 rings (SSSR count). The molecule has 134 valence electrons. The first-order valence-electron chi connectivity index (χ1n) is 7.95. The van der Waals surface area contributed by atoms with Gasteiger partial charge in [-0.1, -0.05) is 12.1 Å². The topological polar surface area (TPSA) is 68.3 Å². The van der Waals surface area contributed by atoms with Crippen LogP contribution in [0.5, 0.6) is 11.5 Å². The summed E-state index contributed by atoms with van der Waals surface area (Å²) in [6, 6.07) is 13.5. The van der Waals surface area contributed by atoms with Crippen molar-refractivity contribution in [2.24, 2.45) is 0 Å².